The zero-order valence-corrected chi connectivity index (χ0v) is 7.69. The predicted octanol–water partition coefficient (Wildman–Crippen LogP) is 0.647. The molecule has 0 aromatic heterocycles. The molecule has 0 aromatic carbocycles. The van der Waals surface area contributed by atoms with Crippen LogP contribution >= 0.6 is 0 Å². The molecule has 0 bridgehead atoms. The topological polar surface area (TPSA) is 30.5 Å². The highest BCUT2D eigenvalue weighted by molar-refractivity contribution is 4.71. The van der Waals surface area contributed by atoms with Crippen molar-refractivity contribution in [2.24, 2.45) is 0 Å². The van der Waals surface area contributed by atoms with Gasteiger partial charge in [-0.25, -0.2) is 8.78 Å². The summed E-state index contributed by atoms with van der Waals surface area (Å²) in [5.41, 5.74) is 0. The van der Waals surface area contributed by atoms with Gasteiger partial charge in [0, 0.05) is 0 Å². The van der Waals surface area contributed by atoms with E-state index in [9.17, 15) is 8.78 Å². The summed E-state index contributed by atoms with van der Waals surface area (Å²) in [7, 11) is 0. The second kappa shape index (κ2) is 4.83. The van der Waals surface area contributed by atoms with Crippen LogP contribution in [-0.4, -0.2) is 44.9 Å². The van der Waals surface area contributed by atoms with Crippen molar-refractivity contribution < 1.29 is 18.3 Å². The number of hydrogen-bond donors (Lipinski definition) is 1. The highest BCUT2D eigenvalue weighted by atomic mass is 19.3. The lowest BCUT2D eigenvalue weighted by Gasteiger charge is -2.28. The fourth-order valence-corrected chi connectivity index (χ4v) is 0.909. The summed E-state index contributed by atoms with van der Waals surface area (Å²) in [6, 6.07) is 0. The zero-order chi connectivity index (χ0) is 9.73. The molecule has 0 saturated carbocycles. The fraction of sp³-hybridized carbons (Fsp3) is 1.00. The van der Waals surface area contributed by atoms with Crippen molar-refractivity contribution in [2.45, 2.75) is 19.0 Å². The van der Waals surface area contributed by atoms with E-state index < -0.39 is 12.5 Å². The molecule has 0 radical (unpaired) electrons. The summed E-state index contributed by atoms with van der Waals surface area (Å²) in [5.74, 6) is -2.77. The maximum Gasteiger partial charge on any atom is 0.283 e. The smallest absolute Gasteiger partial charge is 0.283 e. The minimum Gasteiger partial charge on any atom is -0.376 e. The van der Waals surface area contributed by atoms with Crippen LogP contribution < -0.4 is 5.32 Å². The Morgan fingerprint density at radius 1 is 1.54 bits per heavy atom. The van der Waals surface area contributed by atoms with Gasteiger partial charge in [-0.05, 0) is 6.54 Å². The van der Waals surface area contributed by atoms with Crippen LogP contribution in [0.15, 0.2) is 0 Å². The average molecular weight is 195 g/mol. The van der Waals surface area contributed by atoms with Crippen LogP contribution in [0.4, 0.5) is 8.78 Å². The van der Waals surface area contributed by atoms with Crippen LogP contribution in [0.5, 0.6) is 0 Å². The number of nitrogens with one attached hydrogen (secondary N) is 1. The van der Waals surface area contributed by atoms with Gasteiger partial charge in [0.25, 0.3) is 5.92 Å². The van der Waals surface area contributed by atoms with Gasteiger partial charge >= 0.3 is 0 Å². The molecule has 1 rings (SSSR count). The SMILES string of the molecule is CCNCC(F)(F)COC1COC1. The Labute approximate surface area is 76.4 Å². The van der Waals surface area contributed by atoms with E-state index >= 15 is 0 Å². The number of ether oxygens (including phenoxy) is 2. The van der Waals surface area contributed by atoms with Crippen molar-refractivity contribution in [1.29, 1.82) is 0 Å². The largest absolute Gasteiger partial charge is 0.376 e. The van der Waals surface area contributed by atoms with Crippen LogP contribution in [0.1, 0.15) is 6.92 Å². The molecular formula is C8H15F2NO2. The summed E-state index contributed by atoms with van der Waals surface area (Å²) in [6.45, 7) is 2.37. The molecule has 78 valence electrons. The van der Waals surface area contributed by atoms with Crippen LogP contribution in [0.2, 0.25) is 0 Å². The second-order valence-electron chi connectivity index (χ2n) is 3.11. The van der Waals surface area contributed by atoms with Gasteiger partial charge in [-0.15, -0.1) is 0 Å². The molecule has 0 aromatic rings. The van der Waals surface area contributed by atoms with E-state index in [1.807, 2.05) is 0 Å². The Hall–Kier alpha value is -0.260. The minimum atomic E-state index is -2.77. The Bertz CT molecular complexity index is 151. The van der Waals surface area contributed by atoms with Crippen molar-refractivity contribution in [1.82, 2.24) is 5.32 Å². The third-order valence-corrected chi connectivity index (χ3v) is 1.77. The predicted molar refractivity (Wildman–Crippen MR) is 44.0 cm³/mol. The first-order chi connectivity index (χ1) is 6.14. The molecule has 5 heteroatoms. The third kappa shape index (κ3) is 3.97. The van der Waals surface area contributed by atoms with Gasteiger partial charge < -0.3 is 14.8 Å². The lowest BCUT2D eigenvalue weighted by atomic mass is 10.3. The van der Waals surface area contributed by atoms with E-state index in [1.54, 1.807) is 6.92 Å². The summed E-state index contributed by atoms with van der Waals surface area (Å²) in [6.07, 6.45) is -0.132. The van der Waals surface area contributed by atoms with E-state index in [2.05, 4.69) is 5.32 Å². The summed E-state index contributed by atoms with van der Waals surface area (Å²) in [5, 5.41) is 2.59. The van der Waals surface area contributed by atoms with Gasteiger partial charge in [0.05, 0.1) is 19.8 Å². The first kappa shape index (κ1) is 10.8. The molecule has 1 fully saturated rings. The van der Waals surface area contributed by atoms with Gasteiger partial charge in [-0.1, -0.05) is 6.92 Å². The lowest BCUT2D eigenvalue weighted by Crippen LogP contribution is -2.42. The molecule has 13 heavy (non-hydrogen) atoms. The van der Waals surface area contributed by atoms with Crippen LogP contribution in [0.25, 0.3) is 0 Å². The first-order valence-corrected chi connectivity index (χ1v) is 4.42. The van der Waals surface area contributed by atoms with Crippen molar-refractivity contribution >= 4 is 0 Å². The Morgan fingerprint density at radius 3 is 2.69 bits per heavy atom. The van der Waals surface area contributed by atoms with Crippen molar-refractivity contribution in [3.63, 3.8) is 0 Å². The maximum atomic E-state index is 12.9. The van der Waals surface area contributed by atoms with E-state index in [4.69, 9.17) is 9.47 Å². The van der Waals surface area contributed by atoms with E-state index in [0.717, 1.165) is 0 Å². The molecule has 1 saturated heterocycles. The molecule has 0 spiro atoms. The van der Waals surface area contributed by atoms with Crippen molar-refractivity contribution in [3.05, 3.63) is 0 Å². The van der Waals surface area contributed by atoms with Crippen LogP contribution in [0.3, 0.4) is 0 Å². The molecule has 0 atom stereocenters. The van der Waals surface area contributed by atoms with E-state index in [0.29, 0.717) is 19.8 Å². The Kier molecular flexibility index (Phi) is 4.02. The molecule has 0 unspecified atom stereocenters. The fourth-order valence-electron chi connectivity index (χ4n) is 0.909. The zero-order valence-electron chi connectivity index (χ0n) is 7.69. The molecule has 1 heterocycles. The average Bonchev–Trinajstić information content (AvgIpc) is 1.98. The second-order valence-corrected chi connectivity index (χ2v) is 3.11. The highest BCUT2D eigenvalue weighted by Gasteiger charge is 2.31. The quantitative estimate of drug-likeness (QED) is 0.675. The van der Waals surface area contributed by atoms with Gasteiger partial charge in [-0.3, -0.25) is 0 Å². The molecular weight excluding hydrogens is 180 g/mol. The van der Waals surface area contributed by atoms with Crippen molar-refractivity contribution in [3.8, 4) is 0 Å². The Balaban J connectivity index is 2.08. The molecule has 1 aliphatic heterocycles. The summed E-state index contributed by atoms with van der Waals surface area (Å²) >= 11 is 0. The van der Waals surface area contributed by atoms with Crippen LogP contribution in [0, 0.1) is 0 Å². The van der Waals surface area contributed by atoms with Gasteiger partial charge in [-0.2, -0.15) is 0 Å². The standard InChI is InChI=1S/C8H15F2NO2/c1-2-11-5-8(9,10)6-13-7-3-12-4-7/h7,11H,2-6H2,1H3. The number of hydrogen-bond acceptors (Lipinski definition) is 3. The van der Waals surface area contributed by atoms with Gasteiger partial charge in [0.15, 0.2) is 0 Å². The summed E-state index contributed by atoms with van der Waals surface area (Å²) in [4.78, 5) is 0. The highest BCUT2D eigenvalue weighted by Crippen LogP contribution is 2.15. The van der Waals surface area contributed by atoms with Crippen LogP contribution in [-0.2, 0) is 9.47 Å². The van der Waals surface area contributed by atoms with Gasteiger partial charge in [0.1, 0.15) is 12.7 Å². The Morgan fingerprint density at radius 2 is 2.23 bits per heavy atom. The first-order valence-electron chi connectivity index (χ1n) is 4.42. The third-order valence-electron chi connectivity index (χ3n) is 1.77. The minimum absolute atomic E-state index is 0.132. The van der Waals surface area contributed by atoms with Gasteiger partial charge in [0.2, 0.25) is 0 Å². The summed E-state index contributed by atoms with van der Waals surface area (Å²) < 4.78 is 35.5. The van der Waals surface area contributed by atoms with Crippen molar-refractivity contribution in [2.75, 3.05) is 32.9 Å². The number of rotatable bonds is 6. The molecule has 1 N–H and O–H groups in total. The molecule has 0 amide bonds. The lowest BCUT2D eigenvalue weighted by molar-refractivity contribution is -0.170. The molecule has 3 nitrogen and oxygen atoms in total. The van der Waals surface area contributed by atoms with E-state index in [-0.39, 0.29) is 12.6 Å². The molecule has 0 aliphatic carbocycles. The maximum absolute atomic E-state index is 12.9. The molecule has 1 aliphatic rings. The monoisotopic (exact) mass is 195 g/mol. The number of halogens is 2. The van der Waals surface area contributed by atoms with E-state index in [1.165, 1.54) is 0 Å². The number of alkyl halides is 2. The normalized spacial score (nSPS) is 18.7.